The Hall–Kier alpha value is 0.174. The van der Waals surface area contributed by atoms with E-state index in [-0.39, 0.29) is 51.8 Å². The van der Waals surface area contributed by atoms with E-state index in [0.29, 0.717) is 0 Å². The molecule has 0 aromatic heterocycles. The summed E-state index contributed by atoms with van der Waals surface area (Å²) in [6.45, 7) is 0. The fraction of sp³-hybridized carbons (Fsp3) is 0.625. The molecule has 0 aliphatic heterocycles. The van der Waals surface area contributed by atoms with Crippen LogP contribution in [-0.4, -0.2) is 40.3 Å². The summed E-state index contributed by atoms with van der Waals surface area (Å²) < 4.78 is 0. The third kappa shape index (κ3) is 55.7. The van der Waals surface area contributed by atoms with E-state index < -0.39 is 17.9 Å². The fourth-order valence-corrected chi connectivity index (χ4v) is 0.500. The summed E-state index contributed by atoms with van der Waals surface area (Å²) in [6, 6.07) is 0. The average Bonchev–Trinajstić information content (AvgIpc) is 2.19. The number of hydrogen-bond donors (Lipinski definition) is 1. The molecule has 18 heavy (non-hydrogen) atoms. The van der Waals surface area contributed by atoms with E-state index in [1.54, 1.807) is 0 Å². The largest absolute Gasteiger partial charge is 4.00 e. The van der Waals surface area contributed by atoms with Crippen LogP contribution in [0.25, 0.3) is 0 Å². The Morgan fingerprint density at radius 2 is 1.22 bits per heavy atom. The normalized spacial score (nSPS) is 7.50. The summed E-state index contributed by atoms with van der Waals surface area (Å²) in [7, 11) is 0. The van der Waals surface area contributed by atoms with Gasteiger partial charge in [0.1, 0.15) is 0 Å². The van der Waals surface area contributed by atoms with Crippen LogP contribution in [0.2, 0.25) is 0 Å². The van der Waals surface area contributed by atoms with Gasteiger partial charge >= 0.3 is 21.7 Å². The maximum atomic E-state index is 9.42. The second kappa shape index (κ2) is 22.4. The van der Waals surface area contributed by atoms with E-state index in [0.717, 1.165) is 0 Å². The molecule has 0 aromatic rings. The molecule has 0 atom stereocenters. The van der Waals surface area contributed by atoms with Crippen molar-refractivity contribution in [3.8, 4) is 0 Å². The summed E-state index contributed by atoms with van der Waals surface area (Å²) in [4.78, 5) is 28.1. The van der Waals surface area contributed by atoms with Crippen LogP contribution in [0.1, 0.15) is 12.8 Å². The Kier molecular flexibility index (Phi) is 33.1. The van der Waals surface area contributed by atoms with Gasteiger partial charge in [0, 0.05) is 23.4 Å². The molecule has 0 heterocycles. The molecule has 0 amide bonds. The monoisotopic (exact) mass is 347 g/mol. The average molecular weight is 347 g/mol. The summed E-state index contributed by atoms with van der Waals surface area (Å²) in [5.41, 5.74) is 0. The number of aliphatic carboxylic acids is 3. The number of rotatable bonds is 5. The summed E-state index contributed by atoms with van der Waals surface area (Å²) in [5.74, 6) is -2.75. The Balaban J connectivity index is -0.0000000799. The van der Waals surface area contributed by atoms with Crippen LogP contribution in [0.4, 0.5) is 0 Å². The second-order valence-electron chi connectivity index (χ2n) is 2.19. The fourth-order valence-electron chi connectivity index (χ4n) is 0.167. The smallest absolute Gasteiger partial charge is 0.782 e. The zero-order valence-electron chi connectivity index (χ0n) is 9.25. The van der Waals surface area contributed by atoms with Crippen molar-refractivity contribution in [3.05, 3.63) is 0 Å². The SMILES string of the molecule is O=C(O)C[S-].O=C([O-])CC[S].O=C([O-])CC[S].[Ti+4]. The number of carbonyl (C=O) groups is 3. The van der Waals surface area contributed by atoms with Crippen LogP contribution in [0.5, 0.6) is 0 Å². The van der Waals surface area contributed by atoms with Gasteiger partial charge < -0.3 is 37.5 Å². The van der Waals surface area contributed by atoms with Gasteiger partial charge in [0.05, 0.1) is 0 Å². The first kappa shape index (κ1) is 26.7. The molecule has 0 saturated heterocycles. The van der Waals surface area contributed by atoms with Gasteiger partial charge in [-0.25, -0.2) is 0 Å². The van der Waals surface area contributed by atoms with E-state index >= 15 is 0 Å². The first-order valence-corrected chi connectivity index (χ1v) is 5.90. The van der Waals surface area contributed by atoms with Gasteiger partial charge in [-0.15, -0.1) is 0 Å². The first-order chi connectivity index (χ1) is 7.81. The Morgan fingerprint density at radius 3 is 1.22 bits per heavy atom. The number of hydrogen-bond acceptors (Lipinski definition) is 6. The van der Waals surface area contributed by atoms with Gasteiger partial charge in [0.15, 0.2) is 0 Å². The van der Waals surface area contributed by atoms with E-state index in [1.165, 1.54) is 0 Å². The van der Waals surface area contributed by atoms with E-state index in [4.69, 9.17) is 5.11 Å². The topological polar surface area (TPSA) is 118 Å². The van der Waals surface area contributed by atoms with Gasteiger partial charge in [-0.2, -0.15) is 0 Å². The van der Waals surface area contributed by atoms with E-state index in [1.807, 2.05) is 0 Å². The molecular formula is C8H11O6S3Ti+. The van der Waals surface area contributed by atoms with Gasteiger partial charge in [-0.3, -0.25) is 4.79 Å². The Bertz CT molecular complexity index is 211. The molecule has 1 N–H and O–H groups in total. The molecule has 100 valence electrons. The number of carboxylic acids is 3. The zero-order valence-corrected chi connectivity index (χ0v) is 13.3. The van der Waals surface area contributed by atoms with Gasteiger partial charge in [0.25, 0.3) is 5.97 Å². The summed E-state index contributed by atoms with van der Waals surface area (Å²) in [5, 5.41) is 26.5. The summed E-state index contributed by atoms with van der Waals surface area (Å²) >= 11 is 12.7. The molecule has 0 saturated carbocycles. The molecule has 0 rings (SSSR count). The van der Waals surface area contributed by atoms with Crippen molar-refractivity contribution >= 4 is 55.8 Å². The second-order valence-corrected chi connectivity index (χ2v) is 3.30. The zero-order chi connectivity index (χ0) is 14.3. The van der Waals surface area contributed by atoms with E-state index in [9.17, 15) is 24.6 Å². The van der Waals surface area contributed by atoms with Crippen LogP contribution in [-0.2, 0) is 48.7 Å². The minimum Gasteiger partial charge on any atom is -0.782 e. The minimum absolute atomic E-state index is 0. The number of carbonyl (C=O) groups excluding carboxylic acids is 2. The predicted octanol–water partition coefficient (Wildman–Crippen LogP) is -1.74. The van der Waals surface area contributed by atoms with Crippen molar-refractivity contribution in [2.75, 3.05) is 17.3 Å². The molecule has 0 aliphatic carbocycles. The van der Waals surface area contributed by atoms with Gasteiger partial charge in [-0.1, -0.05) is 31.0 Å². The van der Waals surface area contributed by atoms with Crippen molar-refractivity contribution in [1.82, 2.24) is 0 Å². The van der Waals surface area contributed by atoms with Gasteiger partial charge in [0.2, 0.25) is 0 Å². The van der Waals surface area contributed by atoms with Crippen LogP contribution in [0, 0.1) is 0 Å². The molecule has 0 aromatic carbocycles. The molecule has 0 fully saturated rings. The molecular weight excluding hydrogens is 336 g/mol. The van der Waals surface area contributed by atoms with Crippen molar-refractivity contribution in [2.45, 2.75) is 12.8 Å². The molecule has 2 radical (unpaired) electrons. The number of carboxylic acid groups (broad SMARTS) is 3. The summed E-state index contributed by atoms with van der Waals surface area (Å²) in [6.07, 6.45) is -0.00926. The van der Waals surface area contributed by atoms with Crippen LogP contribution >= 0.6 is 25.3 Å². The quantitative estimate of drug-likeness (QED) is 0.463. The standard InChI is InChI=1S/2C3H5O2S.C2H4O2S.Ti/c2*4-3(5)1-2-6;3-2(4)1-5;/h2*1-2H2,(H,4,5);5H,1H2,(H,3,4);/q;;;+4/p-3. The van der Waals surface area contributed by atoms with Crippen LogP contribution in [0.15, 0.2) is 0 Å². The molecule has 6 nitrogen and oxygen atoms in total. The van der Waals surface area contributed by atoms with Crippen molar-refractivity contribution in [1.29, 1.82) is 0 Å². The molecule has 0 bridgehead atoms. The minimum atomic E-state index is -1.06. The van der Waals surface area contributed by atoms with Crippen molar-refractivity contribution in [3.63, 3.8) is 0 Å². The van der Waals surface area contributed by atoms with Crippen LogP contribution < -0.4 is 10.2 Å². The Labute approximate surface area is 137 Å². The van der Waals surface area contributed by atoms with Crippen LogP contribution in [0.3, 0.4) is 0 Å². The third-order valence-corrected chi connectivity index (χ3v) is 1.39. The van der Waals surface area contributed by atoms with E-state index in [2.05, 4.69) is 37.9 Å². The van der Waals surface area contributed by atoms with Crippen molar-refractivity contribution < 1.29 is 51.4 Å². The third-order valence-electron chi connectivity index (χ3n) is 0.736. The first-order valence-electron chi connectivity index (χ1n) is 4.17. The predicted molar refractivity (Wildman–Crippen MR) is 64.0 cm³/mol. The van der Waals surface area contributed by atoms with Gasteiger partial charge in [-0.05, 0) is 12.8 Å². The molecule has 0 unspecified atom stereocenters. The Morgan fingerprint density at radius 1 is 1.00 bits per heavy atom. The maximum Gasteiger partial charge on any atom is 4.00 e. The molecule has 0 spiro atoms. The van der Waals surface area contributed by atoms with Crippen molar-refractivity contribution in [2.24, 2.45) is 0 Å². The molecule has 10 heteroatoms. The maximum absolute atomic E-state index is 9.42. The molecule has 0 aliphatic rings.